The summed E-state index contributed by atoms with van der Waals surface area (Å²) in [5.74, 6) is -1.19. The van der Waals surface area contributed by atoms with Gasteiger partial charge in [0.2, 0.25) is 0 Å². The Morgan fingerprint density at radius 3 is 3.19 bits per heavy atom. The minimum Gasteiger partial charge on any atom is -0.480 e. The van der Waals surface area contributed by atoms with Gasteiger partial charge in [-0.15, -0.1) is 0 Å². The van der Waals surface area contributed by atoms with Gasteiger partial charge in [-0.2, -0.15) is 0 Å². The SMILES string of the molecule is O=C(O)[C@@H]1CCCN1Cc1cc[c]c(F)c1. The van der Waals surface area contributed by atoms with Gasteiger partial charge < -0.3 is 5.11 Å². The Balaban J connectivity index is 2.06. The second-order valence-corrected chi connectivity index (χ2v) is 4.01. The lowest BCUT2D eigenvalue weighted by Crippen LogP contribution is -2.35. The second kappa shape index (κ2) is 4.61. The molecule has 0 aliphatic carbocycles. The topological polar surface area (TPSA) is 40.5 Å². The van der Waals surface area contributed by atoms with E-state index in [1.807, 2.05) is 4.90 Å². The predicted molar refractivity (Wildman–Crippen MR) is 56.3 cm³/mol. The number of halogens is 1. The van der Waals surface area contributed by atoms with E-state index in [9.17, 15) is 9.18 Å². The van der Waals surface area contributed by atoms with Gasteiger partial charge in [-0.3, -0.25) is 9.69 Å². The summed E-state index contributed by atoms with van der Waals surface area (Å²) in [6.07, 6.45) is 1.56. The zero-order chi connectivity index (χ0) is 11.5. The Bertz CT molecular complexity index is 394. The van der Waals surface area contributed by atoms with Gasteiger partial charge in [0.05, 0.1) is 0 Å². The molecule has 1 aromatic carbocycles. The molecular weight excluding hydrogens is 209 g/mol. The number of rotatable bonds is 3. The second-order valence-electron chi connectivity index (χ2n) is 4.01. The molecule has 3 nitrogen and oxygen atoms in total. The Morgan fingerprint density at radius 1 is 1.69 bits per heavy atom. The fraction of sp³-hybridized carbons (Fsp3) is 0.417. The molecule has 1 radical (unpaired) electrons. The highest BCUT2D eigenvalue weighted by Gasteiger charge is 2.30. The zero-order valence-corrected chi connectivity index (χ0v) is 8.82. The van der Waals surface area contributed by atoms with E-state index >= 15 is 0 Å². The van der Waals surface area contributed by atoms with Gasteiger partial charge in [0, 0.05) is 12.6 Å². The van der Waals surface area contributed by atoms with Crippen LogP contribution in [0, 0.1) is 11.9 Å². The number of hydrogen-bond acceptors (Lipinski definition) is 2. The minimum absolute atomic E-state index is 0.399. The molecule has 4 heteroatoms. The lowest BCUT2D eigenvalue weighted by Gasteiger charge is -2.20. The van der Waals surface area contributed by atoms with E-state index in [2.05, 4.69) is 6.07 Å². The number of benzene rings is 1. The maximum atomic E-state index is 12.9. The molecular formula is C12H13FNO2. The molecule has 0 spiro atoms. The quantitative estimate of drug-likeness (QED) is 0.845. The van der Waals surface area contributed by atoms with Gasteiger partial charge in [0.25, 0.3) is 0 Å². The smallest absolute Gasteiger partial charge is 0.320 e. The van der Waals surface area contributed by atoms with Crippen LogP contribution in [0.5, 0.6) is 0 Å². The molecule has 2 rings (SSSR count). The molecule has 1 aliphatic rings. The van der Waals surface area contributed by atoms with Gasteiger partial charge in [-0.25, -0.2) is 4.39 Å². The molecule has 0 aromatic heterocycles. The molecule has 0 unspecified atom stereocenters. The van der Waals surface area contributed by atoms with Gasteiger partial charge in [-0.1, -0.05) is 12.1 Å². The monoisotopic (exact) mass is 222 g/mol. The molecule has 1 aliphatic heterocycles. The summed E-state index contributed by atoms with van der Waals surface area (Å²) in [4.78, 5) is 12.8. The molecule has 16 heavy (non-hydrogen) atoms. The molecule has 1 fully saturated rings. The summed E-state index contributed by atoms with van der Waals surface area (Å²) in [7, 11) is 0. The number of likely N-dealkylation sites (tertiary alicyclic amines) is 1. The average molecular weight is 222 g/mol. The van der Waals surface area contributed by atoms with Crippen LogP contribution < -0.4 is 0 Å². The van der Waals surface area contributed by atoms with Gasteiger partial charge >= 0.3 is 5.97 Å². The molecule has 85 valence electrons. The van der Waals surface area contributed by atoms with Crippen molar-refractivity contribution in [3.05, 3.63) is 35.6 Å². The first kappa shape index (κ1) is 11.1. The highest BCUT2D eigenvalue weighted by molar-refractivity contribution is 5.73. The van der Waals surface area contributed by atoms with Gasteiger partial charge in [-0.05, 0) is 31.0 Å². The van der Waals surface area contributed by atoms with E-state index in [1.165, 1.54) is 12.1 Å². The Labute approximate surface area is 93.5 Å². The summed E-state index contributed by atoms with van der Waals surface area (Å²) in [6.45, 7) is 1.25. The molecule has 1 saturated heterocycles. The van der Waals surface area contributed by atoms with Crippen LogP contribution in [0.4, 0.5) is 4.39 Å². The van der Waals surface area contributed by atoms with Crippen LogP contribution >= 0.6 is 0 Å². The first-order valence-corrected chi connectivity index (χ1v) is 5.30. The van der Waals surface area contributed by atoms with Crippen molar-refractivity contribution >= 4 is 5.97 Å². The average Bonchev–Trinajstić information content (AvgIpc) is 2.66. The van der Waals surface area contributed by atoms with E-state index in [0.717, 1.165) is 18.5 Å². The highest BCUT2D eigenvalue weighted by atomic mass is 19.1. The lowest BCUT2D eigenvalue weighted by atomic mass is 10.2. The summed E-state index contributed by atoms with van der Waals surface area (Å²) in [5, 5.41) is 8.99. The number of carboxylic acids is 1. The molecule has 1 aromatic rings. The standard InChI is InChI=1S/C12H13FNO2/c13-10-4-1-3-9(7-10)8-14-6-2-5-11(14)12(15)16/h1,3,7,11H,2,5-6,8H2,(H,15,16)/t11-/m0/s1. The van der Waals surface area contributed by atoms with Crippen molar-refractivity contribution in [2.24, 2.45) is 0 Å². The van der Waals surface area contributed by atoms with E-state index in [0.29, 0.717) is 13.0 Å². The van der Waals surface area contributed by atoms with E-state index in [4.69, 9.17) is 5.11 Å². The lowest BCUT2D eigenvalue weighted by molar-refractivity contribution is -0.142. The third kappa shape index (κ3) is 2.39. The number of aliphatic carboxylic acids is 1. The van der Waals surface area contributed by atoms with Crippen LogP contribution in [0.25, 0.3) is 0 Å². The van der Waals surface area contributed by atoms with Crippen molar-refractivity contribution < 1.29 is 14.3 Å². The highest BCUT2D eigenvalue weighted by Crippen LogP contribution is 2.20. The van der Waals surface area contributed by atoms with Crippen LogP contribution in [0.15, 0.2) is 18.2 Å². The number of carboxylic acid groups (broad SMARTS) is 1. The number of nitrogens with zero attached hydrogens (tertiary/aromatic N) is 1. The Hall–Kier alpha value is -1.42. The molecule has 1 N–H and O–H groups in total. The fourth-order valence-corrected chi connectivity index (χ4v) is 2.11. The third-order valence-electron chi connectivity index (χ3n) is 2.87. The van der Waals surface area contributed by atoms with Crippen molar-refractivity contribution in [1.29, 1.82) is 0 Å². The van der Waals surface area contributed by atoms with Crippen LogP contribution in [0.3, 0.4) is 0 Å². The molecule has 1 atom stereocenters. The van der Waals surface area contributed by atoms with Gasteiger partial charge in [0.1, 0.15) is 11.9 Å². The summed E-state index contributed by atoms with van der Waals surface area (Å²) in [6, 6.07) is 6.69. The fourth-order valence-electron chi connectivity index (χ4n) is 2.11. The van der Waals surface area contributed by atoms with Crippen LogP contribution in [0.2, 0.25) is 0 Å². The van der Waals surface area contributed by atoms with E-state index < -0.39 is 17.8 Å². The van der Waals surface area contributed by atoms with Crippen LogP contribution in [-0.2, 0) is 11.3 Å². The van der Waals surface area contributed by atoms with E-state index in [1.54, 1.807) is 6.07 Å². The summed E-state index contributed by atoms with van der Waals surface area (Å²) in [5.41, 5.74) is 0.796. The largest absolute Gasteiger partial charge is 0.480 e. The Kier molecular flexibility index (Phi) is 3.19. The normalized spacial score (nSPS) is 21.2. The first-order chi connectivity index (χ1) is 7.66. The maximum Gasteiger partial charge on any atom is 0.320 e. The van der Waals surface area contributed by atoms with Crippen LogP contribution in [-0.4, -0.2) is 28.6 Å². The van der Waals surface area contributed by atoms with Crippen molar-refractivity contribution in [3.63, 3.8) is 0 Å². The van der Waals surface area contributed by atoms with Crippen molar-refractivity contribution in [1.82, 2.24) is 4.90 Å². The van der Waals surface area contributed by atoms with Gasteiger partial charge in [0.15, 0.2) is 0 Å². The van der Waals surface area contributed by atoms with Crippen molar-refractivity contribution in [2.45, 2.75) is 25.4 Å². The summed E-state index contributed by atoms with van der Waals surface area (Å²) >= 11 is 0. The Morgan fingerprint density at radius 2 is 2.50 bits per heavy atom. The molecule has 0 saturated carbocycles. The number of carbonyl (C=O) groups is 1. The van der Waals surface area contributed by atoms with Crippen molar-refractivity contribution in [2.75, 3.05) is 6.54 Å². The number of hydrogen-bond donors (Lipinski definition) is 1. The summed E-state index contributed by atoms with van der Waals surface area (Å²) < 4.78 is 12.9. The molecule has 1 heterocycles. The molecule has 0 amide bonds. The first-order valence-electron chi connectivity index (χ1n) is 5.30. The predicted octanol–water partition coefficient (Wildman–Crippen LogP) is 1.67. The third-order valence-corrected chi connectivity index (χ3v) is 2.87. The molecule has 0 bridgehead atoms. The van der Waals surface area contributed by atoms with Crippen molar-refractivity contribution in [3.8, 4) is 0 Å². The maximum absolute atomic E-state index is 12.9. The minimum atomic E-state index is -0.791. The zero-order valence-electron chi connectivity index (χ0n) is 8.82. The van der Waals surface area contributed by atoms with E-state index in [-0.39, 0.29) is 0 Å². The van der Waals surface area contributed by atoms with Crippen LogP contribution in [0.1, 0.15) is 18.4 Å².